The van der Waals surface area contributed by atoms with E-state index in [4.69, 9.17) is 19.8 Å². The van der Waals surface area contributed by atoms with Crippen molar-refractivity contribution in [3.63, 3.8) is 0 Å². The number of likely N-dealkylation sites (N-methyl/N-ethyl adjacent to an activating group) is 1. The van der Waals surface area contributed by atoms with Crippen LogP contribution >= 0.6 is 0 Å². The van der Waals surface area contributed by atoms with Crippen LogP contribution in [0.15, 0.2) is 46.8 Å². The van der Waals surface area contributed by atoms with Crippen molar-refractivity contribution in [2.45, 2.75) is 32.2 Å². The first-order chi connectivity index (χ1) is 14.2. The zero-order valence-corrected chi connectivity index (χ0v) is 16.4. The lowest BCUT2D eigenvalue weighted by Gasteiger charge is -2.24. The second kappa shape index (κ2) is 10.2. The van der Waals surface area contributed by atoms with Gasteiger partial charge < -0.3 is 25.1 Å². The molecule has 10 nitrogen and oxygen atoms in total. The molecule has 1 aromatic rings. The Labute approximate surface area is 171 Å². The third-order valence-electron chi connectivity index (χ3n) is 4.35. The van der Waals surface area contributed by atoms with Gasteiger partial charge in [-0.25, -0.2) is 18.8 Å². The van der Waals surface area contributed by atoms with Gasteiger partial charge in [-0.3, -0.25) is 4.90 Å². The molecule has 0 bridgehead atoms. The molecule has 2 atom stereocenters. The number of ether oxygens (including phenoxy) is 1. The number of carboxylic acid groups (broad SMARTS) is 2. The lowest BCUT2D eigenvalue weighted by atomic mass is 10.2. The molecule has 0 radical (unpaired) electrons. The van der Waals surface area contributed by atoms with Gasteiger partial charge in [0.2, 0.25) is 0 Å². The molecule has 0 aliphatic carbocycles. The van der Waals surface area contributed by atoms with Crippen LogP contribution in [0, 0.1) is 0 Å². The summed E-state index contributed by atoms with van der Waals surface area (Å²) in [5, 5.41) is 24.3. The van der Waals surface area contributed by atoms with E-state index in [0.717, 1.165) is 17.4 Å². The summed E-state index contributed by atoms with van der Waals surface area (Å²) < 4.78 is 19.3. The average Bonchev–Trinajstić information content (AvgIpc) is 3.11. The fourth-order valence-corrected chi connectivity index (χ4v) is 2.78. The van der Waals surface area contributed by atoms with E-state index in [-0.39, 0.29) is 25.4 Å². The number of carbonyl (C=O) groups excluding carboxylic acids is 1. The number of hydrogen-bond donors (Lipinski definition) is 3. The second-order valence-electron chi connectivity index (χ2n) is 6.42. The van der Waals surface area contributed by atoms with Crippen molar-refractivity contribution in [1.82, 2.24) is 10.2 Å². The molecule has 2 rings (SSSR count). The summed E-state index contributed by atoms with van der Waals surface area (Å²) in [7, 11) is 1.43. The maximum Gasteiger partial charge on any atom is 0.410 e. The molecule has 3 N–H and O–H groups in total. The van der Waals surface area contributed by atoms with Gasteiger partial charge in [0.1, 0.15) is 12.8 Å². The van der Waals surface area contributed by atoms with E-state index in [2.05, 4.69) is 10.5 Å². The van der Waals surface area contributed by atoms with Crippen molar-refractivity contribution in [3.8, 4) is 0 Å². The molecular weight excluding hydrogens is 401 g/mol. The molecule has 0 spiro atoms. The molecule has 162 valence electrons. The summed E-state index contributed by atoms with van der Waals surface area (Å²) in [6, 6.07) is 8.02. The van der Waals surface area contributed by atoms with Gasteiger partial charge in [0.05, 0.1) is 18.2 Å². The van der Waals surface area contributed by atoms with Crippen LogP contribution in [0.3, 0.4) is 0 Å². The maximum absolute atomic E-state index is 14.1. The van der Waals surface area contributed by atoms with E-state index < -0.39 is 41.6 Å². The van der Waals surface area contributed by atoms with Gasteiger partial charge in [-0.1, -0.05) is 35.5 Å². The standard InChI is InChI=1S/C19H22FN3O7/c1-11(17(24)25)15(18(26)27)30-22-16(21-2)14-8-13(20)9-23(14)19(28)29-10-12-6-4-3-5-7-12/h3-7,13-14H,8-10H2,1-2H3,(H,21,22)(H,24,25)(H,26,27)/t13-,14-/m0/s1. The third kappa shape index (κ3) is 5.69. The van der Waals surface area contributed by atoms with E-state index in [0.29, 0.717) is 0 Å². The Bertz CT molecular complexity index is 857. The van der Waals surface area contributed by atoms with Gasteiger partial charge in [-0.2, -0.15) is 0 Å². The number of carbonyl (C=O) groups is 3. The monoisotopic (exact) mass is 423 g/mol. The van der Waals surface area contributed by atoms with Crippen molar-refractivity contribution in [2.75, 3.05) is 13.6 Å². The first-order valence-electron chi connectivity index (χ1n) is 8.96. The Morgan fingerprint density at radius 2 is 1.90 bits per heavy atom. The first kappa shape index (κ1) is 22.7. The van der Waals surface area contributed by atoms with E-state index in [1.165, 1.54) is 7.05 Å². The molecule has 11 heteroatoms. The Balaban J connectivity index is 2.16. The van der Waals surface area contributed by atoms with E-state index in [1.807, 2.05) is 6.07 Å². The van der Waals surface area contributed by atoms with Crippen LogP contribution in [0.1, 0.15) is 18.9 Å². The molecule has 1 saturated heterocycles. The number of oxime groups is 1. The molecule has 1 amide bonds. The maximum atomic E-state index is 14.1. The highest BCUT2D eigenvalue weighted by molar-refractivity contribution is 5.97. The molecule has 0 unspecified atom stereocenters. The Morgan fingerprint density at radius 1 is 1.23 bits per heavy atom. The summed E-state index contributed by atoms with van der Waals surface area (Å²) in [6.45, 7) is 0.793. The summed E-state index contributed by atoms with van der Waals surface area (Å²) in [5.41, 5.74) is 0.181. The second-order valence-corrected chi connectivity index (χ2v) is 6.42. The molecule has 0 saturated carbocycles. The van der Waals surface area contributed by atoms with Crippen LogP contribution in [-0.2, 0) is 25.8 Å². The molecule has 1 aliphatic heterocycles. The lowest BCUT2D eigenvalue weighted by Crippen LogP contribution is -2.45. The molecule has 1 fully saturated rings. The van der Waals surface area contributed by atoms with Gasteiger partial charge in [-0.15, -0.1) is 0 Å². The number of amides is 1. The number of nitrogens with zero attached hydrogens (tertiary/aromatic N) is 2. The van der Waals surface area contributed by atoms with Crippen molar-refractivity contribution in [2.24, 2.45) is 5.16 Å². The number of alkyl halides is 1. The number of likely N-dealkylation sites (tertiary alicyclic amines) is 1. The lowest BCUT2D eigenvalue weighted by molar-refractivity contribution is -0.139. The number of benzene rings is 1. The van der Waals surface area contributed by atoms with Gasteiger partial charge in [0.15, 0.2) is 5.84 Å². The molecule has 30 heavy (non-hydrogen) atoms. The quantitative estimate of drug-likeness (QED) is 0.198. The van der Waals surface area contributed by atoms with Gasteiger partial charge in [0, 0.05) is 13.5 Å². The summed E-state index contributed by atoms with van der Waals surface area (Å²) >= 11 is 0. The largest absolute Gasteiger partial charge is 0.478 e. The Kier molecular flexibility index (Phi) is 7.73. The number of carboxylic acids is 2. The van der Waals surface area contributed by atoms with E-state index in [9.17, 15) is 18.8 Å². The third-order valence-corrected chi connectivity index (χ3v) is 4.35. The van der Waals surface area contributed by atoms with Crippen LogP contribution in [0.4, 0.5) is 9.18 Å². The number of nitrogens with one attached hydrogen (secondary N) is 1. The van der Waals surface area contributed by atoms with E-state index in [1.54, 1.807) is 24.3 Å². The summed E-state index contributed by atoms with van der Waals surface area (Å²) in [4.78, 5) is 40.6. The van der Waals surface area contributed by atoms with Gasteiger partial charge in [0.25, 0.3) is 5.76 Å². The zero-order valence-electron chi connectivity index (χ0n) is 16.4. The minimum Gasteiger partial charge on any atom is -0.478 e. The van der Waals surface area contributed by atoms with Crippen molar-refractivity contribution in [1.29, 1.82) is 0 Å². The fraction of sp³-hybridized carbons (Fsp3) is 0.368. The van der Waals surface area contributed by atoms with E-state index >= 15 is 0 Å². The highest BCUT2D eigenvalue weighted by Gasteiger charge is 2.40. The molecule has 1 aromatic carbocycles. The number of halogens is 1. The number of rotatable bonds is 7. The van der Waals surface area contributed by atoms with Crippen molar-refractivity contribution >= 4 is 23.9 Å². The Morgan fingerprint density at radius 3 is 2.47 bits per heavy atom. The van der Waals surface area contributed by atoms with Crippen LogP contribution in [-0.4, -0.2) is 64.8 Å². The molecule has 1 aliphatic rings. The topological polar surface area (TPSA) is 138 Å². The number of amidine groups is 1. The summed E-state index contributed by atoms with van der Waals surface area (Å²) in [5.74, 6) is -4.08. The Hall–Kier alpha value is -3.63. The summed E-state index contributed by atoms with van der Waals surface area (Å²) in [6.07, 6.45) is -2.25. The molecule has 0 aromatic heterocycles. The van der Waals surface area contributed by atoms with Crippen LogP contribution < -0.4 is 5.32 Å². The average molecular weight is 423 g/mol. The SMILES string of the molecule is CNC(=NOC(C(=O)O)=C(C)C(=O)O)[C@@H]1C[C@H](F)CN1C(=O)OCc1ccccc1. The highest BCUT2D eigenvalue weighted by Crippen LogP contribution is 2.23. The predicted molar refractivity (Wildman–Crippen MR) is 102 cm³/mol. The van der Waals surface area contributed by atoms with Gasteiger partial charge in [-0.05, 0) is 12.5 Å². The number of aliphatic carboxylic acids is 2. The van der Waals surface area contributed by atoms with Crippen LogP contribution in [0.25, 0.3) is 0 Å². The normalized spacial score (nSPS) is 19.7. The minimum atomic E-state index is -1.64. The zero-order chi connectivity index (χ0) is 22.3. The van der Waals surface area contributed by atoms with Crippen LogP contribution in [0.2, 0.25) is 0 Å². The number of hydrogen-bond acceptors (Lipinski definition) is 6. The fourth-order valence-electron chi connectivity index (χ4n) is 2.78. The van der Waals surface area contributed by atoms with Crippen molar-refractivity contribution < 1.29 is 38.6 Å². The molecule has 1 heterocycles. The van der Waals surface area contributed by atoms with Gasteiger partial charge >= 0.3 is 18.0 Å². The minimum absolute atomic E-state index is 0.00786. The predicted octanol–water partition coefficient (Wildman–Crippen LogP) is 1.73. The van der Waals surface area contributed by atoms with Crippen molar-refractivity contribution in [3.05, 3.63) is 47.2 Å². The first-order valence-corrected chi connectivity index (χ1v) is 8.96. The highest BCUT2D eigenvalue weighted by atomic mass is 19.1. The smallest absolute Gasteiger partial charge is 0.410 e. The van der Waals surface area contributed by atoms with Crippen LogP contribution in [0.5, 0.6) is 0 Å². The molecular formula is C19H22FN3O7.